The molecule has 0 aliphatic carbocycles. The molecule has 0 radical (unpaired) electrons. The fraction of sp³-hybridized carbons (Fsp3) is 0.769. The van der Waals surface area contributed by atoms with Gasteiger partial charge in [0.25, 0.3) is 0 Å². The molecule has 3 N–H and O–H groups in total. The number of piperidine rings is 3. The van der Waals surface area contributed by atoms with Gasteiger partial charge in [-0.2, -0.15) is 5.10 Å². The summed E-state index contributed by atoms with van der Waals surface area (Å²) in [6.07, 6.45) is 4.55. The van der Waals surface area contributed by atoms with Crippen LogP contribution in [0.5, 0.6) is 0 Å². The second-order valence-electron chi connectivity index (χ2n) is 6.01. The van der Waals surface area contributed by atoms with E-state index >= 15 is 0 Å². The first-order chi connectivity index (χ1) is 9.99. The lowest BCUT2D eigenvalue weighted by Gasteiger charge is -2.44. The Morgan fingerprint density at radius 3 is 2.71 bits per heavy atom. The van der Waals surface area contributed by atoms with Crippen LogP contribution in [0.4, 0.5) is 5.82 Å². The van der Waals surface area contributed by atoms with Gasteiger partial charge in [-0.3, -0.25) is 4.68 Å². The molecule has 0 saturated carbocycles. The highest BCUT2D eigenvalue weighted by Gasteiger charge is 2.37. The van der Waals surface area contributed by atoms with Gasteiger partial charge in [0, 0.05) is 25.3 Å². The second kappa shape index (κ2) is 5.58. The van der Waals surface area contributed by atoms with Gasteiger partial charge < -0.3 is 10.6 Å². The molecule has 3 aliphatic rings. The minimum atomic E-state index is -3.60. The molecular weight excluding hydrogens is 290 g/mol. The Balaban J connectivity index is 1.77. The molecule has 0 spiro atoms. The summed E-state index contributed by atoms with van der Waals surface area (Å²) in [7, 11) is -3.60. The predicted octanol–water partition coefficient (Wildman–Crippen LogP) is 0.248. The van der Waals surface area contributed by atoms with E-state index in [0.717, 1.165) is 38.9 Å². The fourth-order valence-corrected chi connectivity index (χ4v) is 4.70. The smallest absolute Gasteiger partial charge is 0.246 e. The van der Waals surface area contributed by atoms with Crippen LogP contribution >= 0.6 is 0 Å². The molecule has 7 nitrogen and oxygen atoms in total. The monoisotopic (exact) mass is 313 g/mol. The average Bonchev–Trinajstić information content (AvgIpc) is 2.82. The summed E-state index contributed by atoms with van der Waals surface area (Å²) in [6, 6.07) is -0.00794. The Morgan fingerprint density at radius 2 is 2.14 bits per heavy atom. The first-order valence-electron chi connectivity index (χ1n) is 7.57. The third-order valence-corrected chi connectivity index (χ3v) is 5.97. The SMILES string of the molecule is CCCn1cc(S(=O)(=O)NC2CN3CCC2CC3)c(N)n1. The predicted molar refractivity (Wildman–Crippen MR) is 80.2 cm³/mol. The van der Waals surface area contributed by atoms with Crippen LogP contribution in [0.2, 0.25) is 0 Å². The Morgan fingerprint density at radius 1 is 1.43 bits per heavy atom. The van der Waals surface area contributed by atoms with Crippen molar-refractivity contribution in [2.24, 2.45) is 5.92 Å². The lowest BCUT2D eigenvalue weighted by atomic mass is 9.85. The normalized spacial score (nSPS) is 28.9. The number of nitrogen functional groups attached to an aromatic ring is 1. The molecule has 1 aromatic rings. The molecule has 21 heavy (non-hydrogen) atoms. The number of aromatic nitrogens is 2. The minimum Gasteiger partial charge on any atom is -0.381 e. The summed E-state index contributed by atoms with van der Waals surface area (Å²) in [4.78, 5) is 2.42. The van der Waals surface area contributed by atoms with Crippen molar-refractivity contribution in [3.63, 3.8) is 0 Å². The largest absolute Gasteiger partial charge is 0.381 e. The van der Waals surface area contributed by atoms with Crippen LogP contribution in [0.25, 0.3) is 0 Å². The topological polar surface area (TPSA) is 93.2 Å². The number of nitrogens with two attached hydrogens (primary N) is 1. The van der Waals surface area contributed by atoms with Gasteiger partial charge in [0.05, 0.1) is 0 Å². The summed E-state index contributed by atoms with van der Waals surface area (Å²) in [5.41, 5.74) is 5.78. The van der Waals surface area contributed by atoms with E-state index in [-0.39, 0.29) is 16.8 Å². The lowest BCUT2D eigenvalue weighted by molar-refractivity contribution is 0.0827. The average molecular weight is 313 g/mol. The van der Waals surface area contributed by atoms with Gasteiger partial charge in [0.1, 0.15) is 4.90 Å². The van der Waals surface area contributed by atoms with Gasteiger partial charge in [0.2, 0.25) is 10.0 Å². The number of hydrogen-bond donors (Lipinski definition) is 2. The highest BCUT2D eigenvalue weighted by Crippen LogP contribution is 2.29. The molecule has 2 bridgehead atoms. The summed E-state index contributed by atoms with van der Waals surface area (Å²) < 4.78 is 29.5. The third kappa shape index (κ3) is 2.93. The molecule has 0 amide bonds. The van der Waals surface area contributed by atoms with Crippen molar-refractivity contribution in [1.29, 1.82) is 0 Å². The number of nitrogens with one attached hydrogen (secondary N) is 1. The number of nitrogens with zero attached hydrogens (tertiary/aromatic N) is 3. The maximum atomic E-state index is 12.6. The van der Waals surface area contributed by atoms with Crippen LogP contribution in [0.1, 0.15) is 26.2 Å². The summed E-state index contributed by atoms with van der Waals surface area (Å²) in [6.45, 7) is 5.64. The number of rotatable bonds is 5. The minimum absolute atomic E-state index is 0.00794. The molecular formula is C13H23N5O2S. The molecule has 8 heteroatoms. The number of fused-ring (bicyclic) bond motifs is 3. The van der Waals surface area contributed by atoms with Crippen molar-refractivity contribution in [3.05, 3.63) is 6.20 Å². The Kier molecular flexibility index (Phi) is 3.94. The van der Waals surface area contributed by atoms with E-state index in [4.69, 9.17) is 5.73 Å². The van der Waals surface area contributed by atoms with Gasteiger partial charge in [-0.15, -0.1) is 0 Å². The van der Waals surface area contributed by atoms with Crippen molar-refractivity contribution in [1.82, 2.24) is 19.4 Å². The lowest BCUT2D eigenvalue weighted by Crippen LogP contribution is -2.57. The standard InChI is InChI=1S/C13H23N5O2S/c1-2-5-18-9-12(13(14)15-18)21(19,20)16-11-8-17-6-3-10(11)4-7-17/h9-11,16H,2-8H2,1H3,(H2,14,15). The molecule has 1 atom stereocenters. The van der Waals surface area contributed by atoms with E-state index < -0.39 is 10.0 Å². The molecule has 4 heterocycles. The number of aryl methyl sites for hydroxylation is 1. The highest BCUT2D eigenvalue weighted by atomic mass is 32.2. The summed E-state index contributed by atoms with van der Waals surface area (Å²) in [5, 5.41) is 4.07. The van der Waals surface area contributed by atoms with Gasteiger partial charge in [-0.05, 0) is 38.3 Å². The van der Waals surface area contributed by atoms with E-state index in [1.54, 1.807) is 4.68 Å². The highest BCUT2D eigenvalue weighted by molar-refractivity contribution is 7.89. The maximum Gasteiger partial charge on any atom is 0.246 e. The van der Waals surface area contributed by atoms with E-state index in [0.29, 0.717) is 12.5 Å². The van der Waals surface area contributed by atoms with E-state index in [1.165, 1.54) is 6.20 Å². The van der Waals surface area contributed by atoms with Crippen molar-refractivity contribution < 1.29 is 8.42 Å². The van der Waals surface area contributed by atoms with E-state index in [2.05, 4.69) is 14.7 Å². The number of hydrogen-bond acceptors (Lipinski definition) is 5. The molecule has 3 fully saturated rings. The van der Waals surface area contributed by atoms with Gasteiger partial charge in [-0.25, -0.2) is 13.1 Å². The molecule has 0 aromatic carbocycles. The molecule has 118 valence electrons. The van der Waals surface area contributed by atoms with E-state index in [9.17, 15) is 8.42 Å². The molecule has 1 aromatic heterocycles. The quantitative estimate of drug-likeness (QED) is 0.812. The zero-order valence-electron chi connectivity index (χ0n) is 12.3. The number of anilines is 1. The second-order valence-corrected chi connectivity index (χ2v) is 7.69. The van der Waals surface area contributed by atoms with Crippen molar-refractivity contribution in [2.75, 3.05) is 25.4 Å². The molecule has 1 unspecified atom stereocenters. The van der Waals surface area contributed by atoms with Crippen LogP contribution in [-0.4, -0.2) is 48.8 Å². The first-order valence-corrected chi connectivity index (χ1v) is 9.05. The summed E-state index contributed by atoms with van der Waals surface area (Å²) in [5.74, 6) is 0.522. The molecule has 4 rings (SSSR count). The van der Waals surface area contributed by atoms with Crippen molar-refractivity contribution >= 4 is 15.8 Å². The van der Waals surface area contributed by atoms with Crippen molar-refractivity contribution in [3.8, 4) is 0 Å². The van der Waals surface area contributed by atoms with Crippen LogP contribution in [0, 0.1) is 5.92 Å². The number of sulfonamides is 1. The van der Waals surface area contributed by atoms with Crippen molar-refractivity contribution in [2.45, 2.75) is 43.7 Å². The van der Waals surface area contributed by atoms with Crippen LogP contribution in [0.3, 0.4) is 0 Å². The van der Waals surface area contributed by atoms with E-state index in [1.807, 2.05) is 6.92 Å². The van der Waals surface area contributed by atoms with Crippen LogP contribution in [-0.2, 0) is 16.6 Å². The fourth-order valence-electron chi connectivity index (χ4n) is 3.33. The Bertz CT molecular complexity index is 604. The molecule has 3 saturated heterocycles. The van der Waals surface area contributed by atoms with Gasteiger partial charge in [0.15, 0.2) is 5.82 Å². The zero-order valence-corrected chi connectivity index (χ0v) is 13.1. The van der Waals surface area contributed by atoms with Gasteiger partial charge in [-0.1, -0.05) is 6.92 Å². The van der Waals surface area contributed by atoms with Gasteiger partial charge >= 0.3 is 0 Å². The zero-order chi connectivity index (χ0) is 15.0. The summed E-state index contributed by atoms with van der Waals surface area (Å²) >= 11 is 0. The first kappa shape index (κ1) is 14.8. The molecule has 3 aliphatic heterocycles. The maximum absolute atomic E-state index is 12.6. The Labute approximate surface area is 125 Å². The van der Waals surface area contributed by atoms with Crippen LogP contribution < -0.4 is 10.5 Å². The van der Waals surface area contributed by atoms with Crippen LogP contribution in [0.15, 0.2) is 11.1 Å². The Hall–Kier alpha value is -1.12. The third-order valence-electron chi connectivity index (χ3n) is 4.46.